The lowest BCUT2D eigenvalue weighted by molar-refractivity contribution is 0.0686. The highest BCUT2D eigenvalue weighted by Gasteiger charge is 2.30. The summed E-state index contributed by atoms with van der Waals surface area (Å²) in [6.07, 6.45) is 8.92. The van der Waals surface area contributed by atoms with E-state index < -0.39 is 0 Å². The number of pyridine rings is 1. The molecule has 0 unspecified atom stereocenters. The van der Waals surface area contributed by atoms with E-state index >= 15 is 0 Å². The Hall–Kier alpha value is -3.19. The van der Waals surface area contributed by atoms with Crippen LogP contribution in [-0.4, -0.2) is 43.8 Å². The van der Waals surface area contributed by atoms with Crippen LogP contribution in [0.15, 0.2) is 67.0 Å². The molecule has 4 aromatic rings. The van der Waals surface area contributed by atoms with Crippen LogP contribution < -0.4 is 0 Å². The first-order valence-electron chi connectivity index (χ1n) is 12.4. The highest BCUT2D eigenvalue weighted by molar-refractivity contribution is 6.35. The van der Waals surface area contributed by atoms with E-state index in [1.165, 1.54) is 6.42 Å². The fraction of sp³-hybridized carbons (Fsp3) is 0.276. The number of carbonyl (C=O) groups excluding carboxylic acids is 1. The predicted molar refractivity (Wildman–Crippen MR) is 147 cm³/mol. The van der Waals surface area contributed by atoms with Crippen LogP contribution in [0.25, 0.3) is 28.1 Å². The SMILES string of the molecule is CN(C(=O)c1nn(-c2ccc(Cl)cc2Cl)c(-c2ccc(-c3cccnc3)cc2)c1CO)C1CCCCC1. The van der Waals surface area contributed by atoms with Gasteiger partial charge in [-0.15, -0.1) is 0 Å². The average Bonchev–Trinajstić information content (AvgIpc) is 3.32. The third kappa shape index (κ3) is 5.14. The summed E-state index contributed by atoms with van der Waals surface area (Å²) in [5, 5.41) is 16.2. The molecule has 1 aliphatic rings. The Morgan fingerprint density at radius 1 is 1.03 bits per heavy atom. The van der Waals surface area contributed by atoms with Gasteiger partial charge in [-0.05, 0) is 48.2 Å². The number of halogens is 2. The second-order valence-electron chi connectivity index (χ2n) is 9.37. The van der Waals surface area contributed by atoms with Crippen LogP contribution in [0.2, 0.25) is 10.0 Å². The Bertz CT molecular complexity index is 1400. The lowest BCUT2D eigenvalue weighted by Gasteiger charge is -2.30. The van der Waals surface area contributed by atoms with Crippen LogP contribution in [0.4, 0.5) is 0 Å². The van der Waals surface area contributed by atoms with Crippen molar-refractivity contribution in [3.63, 3.8) is 0 Å². The largest absolute Gasteiger partial charge is 0.392 e. The summed E-state index contributed by atoms with van der Waals surface area (Å²) in [5.74, 6) is -0.201. The summed E-state index contributed by atoms with van der Waals surface area (Å²) in [7, 11) is 1.83. The number of hydrogen-bond acceptors (Lipinski definition) is 4. The number of amides is 1. The van der Waals surface area contributed by atoms with Gasteiger partial charge in [0.25, 0.3) is 5.91 Å². The predicted octanol–water partition coefficient (Wildman–Crippen LogP) is 6.81. The molecule has 0 saturated heterocycles. The van der Waals surface area contributed by atoms with Crippen molar-refractivity contribution in [1.82, 2.24) is 19.7 Å². The van der Waals surface area contributed by atoms with Crippen molar-refractivity contribution in [3.05, 3.63) is 88.3 Å². The van der Waals surface area contributed by atoms with Gasteiger partial charge in [-0.25, -0.2) is 4.68 Å². The second kappa shape index (κ2) is 11.1. The highest BCUT2D eigenvalue weighted by atomic mass is 35.5. The summed E-state index contributed by atoms with van der Waals surface area (Å²) in [4.78, 5) is 19.7. The van der Waals surface area contributed by atoms with Gasteiger partial charge in [0, 0.05) is 41.6 Å². The Kier molecular flexibility index (Phi) is 7.60. The molecule has 1 saturated carbocycles. The van der Waals surface area contributed by atoms with Crippen molar-refractivity contribution in [2.45, 2.75) is 44.8 Å². The van der Waals surface area contributed by atoms with Crippen molar-refractivity contribution >= 4 is 29.1 Å². The fourth-order valence-corrected chi connectivity index (χ4v) is 5.54. The molecule has 190 valence electrons. The molecule has 0 spiro atoms. The highest BCUT2D eigenvalue weighted by Crippen LogP contribution is 2.35. The Morgan fingerprint density at radius 3 is 2.41 bits per heavy atom. The topological polar surface area (TPSA) is 71.2 Å². The molecule has 8 heteroatoms. The van der Waals surface area contributed by atoms with Crippen LogP contribution >= 0.6 is 23.2 Å². The fourth-order valence-electron chi connectivity index (χ4n) is 5.05. The van der Waals surface area contributed by atoms with Gasteiger partial charge < -0.3 is 10.0 Å². The van der Waals surface area contributed by atoms with E-state index in [0.29, 0.717) is 27.0 Å². The van der Waals surface area contributed by atoms with Gasteiger partial charge in [-0.2, -0.15) is 5.10 Å². The maximum atomic E-state index is 13.7. The summed E-state index contributed by atoms with van der Waals surface area (Å²) in [6.45, 7) is -0.343. The molecule has 37 heavy (non-hydrogen) atoms. The Balaban J connectivity index is 1.63. The summed E-state index contributed by atoms with van der Waals surface area (Å²) in [6, 6.07) is 17.1. The van der Waals surface area contributed by atoms with Gasteiger partial charge >= 0.3 is 0 Å². The summed E-state index contributed by atoms with van der Waals surface area (Å²) >= 11 is 12.7. The molecule has 1 amide bonds. The van der Waals surface area contributed by atoms with Crippen molar-refractivity contribution in [1.29, 1.82) is 0 Å². The van der Waals surface area contributed by atoms with Crippen LogP contribution in [0.3, 0.4) is 0 Å². The van der Waals surface area contributed by atoms with Crippen molar-refractivity contribution in [3.8, 4) is 28.1 Å². The van der Waals surface area contributed by atoms with Gasteiger partial charge in [0.2, 0.25) is 0 Å². The summed E-state index contributed by atoms with van der Waals surface area (Å²) < 4.78 is 1.64. The third-order valence-corrected chi connectivity index (χ3v) is 7.62. The zero-order valence-corrected chi connectivity index (χ0v) is 22.1. The molecule has 0 bridgehead atoms. The lowest BCUT2D eigenvalue weighted by atomic mass is 9.94. The van der Waals surface area contributed by atoms with Crippen LogP contribution in [0.1, 0.15) is 48.2 Å². The zero-order chi connectivity index (χ0) is 25.9. The monoisotopic (exact) mass is 534 g/mol. The number of benzene rings is 2. The number of carbonyl (C=O) groups is 1. The van der Waals surface area contributed by atoms with Crippen molar-refractivity contribution in [2.75, 3.05) is 7.05 Å². The molecule has 2 aromatic heterocycles. The average molecular weight is 535 g/mol. The second-order valence-corrected chi connectivity index (χ2v) is 10.2. The smallest absolute Gasteiger partial charge is 0.274 e. The molecule has 2 heterocycles. The molecule has 6 nitrogen and oxygen atoms in total. The standard InChI is InChI=1S/C29H28Cl2N4O2/c1-34(23-7-3-2-4-8-23)29(37)27-24(18-36)28(35(33-27)26-14-13-22(30)16-25(26)31)20-11-9-19(10-12-20)21-6-5-15-32-17-21/h5-6,9-17,23,36H,2-4,7-8,18H2,1H3. The van der Waals surface area contributed by atoms with Crippen molar-refractivity contribution < 1.29 is 9.90 Å². The zero-order valence-electron chi connectivity index (χ0n) is 20.6. The summed E-state index contributed by atoms with van der Waals surface area (Å²) in [5.41, 5.74) is 4.69. The number of aliphatic hydroxyl groups excluding tert-OH is 1. The minimum absolute atomic E-state index is 0.166. The van der Waals surface area contributed by atoms with Gasteiger partial charge in [0.05, 0.1) is 23.0 Å². The van der Waals surface area contributed by atoms with Crippen LogP contribution in [0.5, 0.6) is 0 Å². The number of nitrogens with zero attached hydrogens (tertiary/aromatic N) is 4. The number of hydrogen-bond donors (Lipinski definition) is 1. The van der Waals surface area contributed by atoms with Gasteiger partial charge in [0.1, 0.15) is 0 Å². The maximum absolute atomic E-state index is 13.7. The molecule has 1 fully saturated rings. The van der Waals surface area contributed by atoms with Gasteiger partial charge in [-0.3, -0.25) is 9.78 Å². The molecule has 1 N–H and O–H groups in total. The first-order valence-corrected chi connectivity index (χ1v) is 13.2. The number of aliphatic hydroxyl groups is 1. The quantitative estimate of drug-likeness (QED) is 0.295. The first-order chi connectivity index (χ1) is 18.0. The van der Waals surface area contributed by atoms with E-state index in [0.717, 1.165) is 42.4 Å². The van der Waals surface area contributed by atoms with Crippen molar-refractivity contribution in [2.24, 2.45) is 0 Å². The van der Waals surface area contributed by atoms with Gasteiger partial charge in [-0.1, -0.05) is 72.8 Å². The molecule has 2 aromatic carbocycles. The molecule has 0 atom stereocenters. The normalized spacial score (nSPS) is 14.1. The molecule has 0 radical (unpaired) electrons. The van der Waals surface area contributed by atoms with E-state index in [9.17, 15) is 9.90 Å². The Labute approximate surface area is 226 Å². The van der Waals surface area contributed by atoms with Crippen LogP contribution in [0, 0.1) is 0 Å². The third-order valence-electron chi connectivity index (χ3n) is 7.08. The van der Waals surface area contributed by atoms with Gasteiger partial charge in [0.15, 0.2) is 5.69 Å². The molecule has 0 aliphatic heterocycles. The van der Waals surface area contributed by atoms with E-state index in [-0.39, 0.29) is 24.2 Å². The van der Waals surface area contributed by atoms with E-state index in [4.69, 9.17) is 28.3 Å². The Morgan fingerprint density at radius 2 is 1.76 bits per heavy atom. The van der Waals surface area contributed by atoms with E-state index in [1.807, 2.05) is 49.6 Å². The lowest BCUT2D eigenvalue weighted by Crippen LogP contribution is -2.38. The number of rotatable bonds is 6. The first kappa shape index (κ1) is 25.5. The van der Waals surface area contributed by atoms with Crippen LogP contribution in [-0.2, 0) is 6.61 Å². The molecule has 1 aliphatic carbocycles. The number of aromatic nitrogens is 3. The maximum Gasteiger partial charge on any atom is 0.274 e. The molecule has 5 rings (SSSR count). The minimum Gasteiger partial charge on any atom is -0.392 e. The van der Waals surface area contributed by atoms with E-state index in [1.54, 1.807) is 34.0 Å². The molecular formula is C29H28Cl2N4O2. The molecular weight excluding hydrogens is 507 g/mol. The van der Waals surface area contributed by atoms with E-state index in [2.05, 4.69) is 4.98 Å². The minimum atomic E-state index is -0.343.